The first-order chi connectivity index (χ1) is 19.3. The lowest BCUT2D eigenvalue weighted by molar-refractivity contribution is -0.140. The lowest BCUT2D eigenvalue weighted by atomic mass is 10.0. The Labute approximate surface area is 252 Å². The highest BCUT2D eigenvalue weighted by atomic mass is 79.9. The van der Waals surface area contributed by atoms with Gasteiger partial charge in [-0.25, -0.2) is 4.31 Å². The van der Waals surface area contributed by atoms with Crippen LogP contribution in [0, 0.1) is 13.8 Å². The van der Waals surface area contributed by atoms with Gasteiger partial charge in [0.25, 0.3) is 0 Å². The lowest BCUT2D eigenvalue weighted by Crippen LogP contribution is -2.55. The highest BCUT2D eigenvalue weighted by Gasteiger charge is 2.35. The number of amides is 2. The van der Waals surface area contributed by atoms with E-state index in [-0.39, 0.29) is 24.9 Å². The second-order valence-corrected chi connectivity index (χ2v) is 13.6. The summed E-state index contributed by atoms with van der Waals surface area (Å²) in [6.45, 7) is 7.05. The van der Waals surface area contributed by atoms with Gasteiger partial charge >= 0.3 is 10.2 Å². The van der Waals surface area contributed by atoms with Crippen LogP contribution in [0.2, 0.25) is 0 Å². The highest BCUT2D eigenvalue weighted by molar-refractivity contribution is 9.10. The second-order valence-electron chi connectivity index (χ2n) is 10.6. The van der Waals surface area contributed by atoms with Crippen molar-refractivity contribution in [2.45, 2.75) is 52.7 Å². The van der Waals surface area contributed by atoms with Gasteiger partial charge in [-0.1, -0.05) is 70.5 Å². The number of aryl methyl sites for hydroxylation is 2. The van der Waals surface area contributed by atoms with E-state index in [4.69, 9.17) is 0 Å². The van der Waals surface area contributed by atoms with E-state index >= 15 is 0 Å². The number of hydrogen-bond acceptors (Lipinski definition) is 4. The quantitative estimate of drug-likeness (QED) is 0.306. The van der Waals surface area contributed by atoms with Crippen LogP contribution in [0.3, 0.4) is 0 Å². The molecule has 0 radical (unpaired) electrons. The zero-order chi connectivity index (χ0) is 30.3. The first kappa shape index (κ1) is 32.3. The number of carbonyl (C=O) groups is 2. The van der Waals surface area contributed by atoms with Crippen molar-refractivity contribution in [1.82, 2.24) is 14.5 Å². The van der Waals surface area contributed by atoms with Crippen molar-refractivity contribution in [3.05, 3.63) is 99.5 Å². The monoisotopic (exact) mass is 642 g/mol. The number of benzene rings is 3. The number of anilines is 1. The van der Waals surface area contributed by atoms with Crippen molar-refractivity contribution in [1.29, 1.82) is 0 Å². The first-order valence-electron chi connectivity index (χ1n) is 13.4. The molecule has 0 unspecified atom stereocenters. The number of carbonyl (C=O) groups excluding carboxylic acids is 2. The molecule has 1 atom stereocenters. The summed E-state index contributed by atoms with van der Waals surface area (Å²) in [6.07, 6.45) is 0.267. The van der Waals surface area contributed by atoms with Crippen LogP contribution in [0.4, 0.5) is 5.69 Å². The Balaban J connectivity index is 2.13. The topological polar surface area (TPSA) is 90.0 Å². The molecule has 0 saturated carbocycles. The summed E-state index contributed by atoms with van der Waals surface area (Å²) in [7, 11) is -1.18. The molecule has 41 heavy (non-hydrogen) atoms. The molecule has 8 nitrogen and oxygen atoms in total. The van der Waals surface area contributed by atoms with Crippen LogP contribution in [0.15, 0.2) is 77.3 Å². The molecular formula is C31H39BrN4O4S. The molecule has 0 fully saturated rings. The van der Waals surface area contributed by atoms with Gasteiger partial charge in [0.15, 0.2) is 0 Å². The van der Waals surface area contributed by atoms with Crippen LogP contribution in [-0.4, -0.2) is 62.2 Å². The molecule has 0 saturated heterocycles. The zero-order valence-corrected chi connectivity index (χ0v) is 26.9. The first-order valence-corrected chi connectivity index (χ1v) is 15.6. The number of halogens is 1. The third-order valence-corrected chi connectivity index (χ3v) is 8.90. The van der Waals surface area contributed by atoms with Gasteiger partial charge < -0.3 is 10.2 Å². The van der Waals surface area contributed by atoms with Crippen molar-refractivity contribution in [3.8, 4) is 0 Å². The van der Waals surface area contributed by atoms with Gasteiger partial charge in [0.05, 0.1) is 5.69 Å². The molecule has 0 spiro atoms. The van der Waals surface area contributed by atoms with E-state index in [0.29, 0.717) is 11.3 Å². The van der Waals surface area contributed by atoms with E-state index in [1.807, 2.05) is 94.4 Å². The van der Waals surface area contributed by atoms with Gasteiger partial charge in [-0.05, 0) is 68.1 Å². The maximum absolute atomic E-state index is 14.3. The molecule has 3 rings (SSSR count). The predicted molar refractivity (Wildman–Crippen MR) is 168 cm³/mol. The van der Waals surface area contributed by atoms with Crippen molar-refractivity contribution in [2.75, 3.05) is 24.9 Å². The predicted octanol–water partition coefficient (Wildman–Crippen LogP) is 4.84. The Morgan fingerprint density at radius 2 is 1.56 bits per heavy atom. The maximum Gasteiger partial charge on any atom is 0.304 e. The van der Waals surface area contributed by atoms with E-state index in [1.165, 1.54) is 19.0 Å². The summed E-state index contributed by atoms with van der Waals surface area (Å²) in [5.41, 5.74) is 3.68. The average Bonchev–Trinajstić information content (AvgIpc) is 2.90. The number of nitrogens with one attached hydrogen (secondary N) is 1. The van der Waals surface area contributed by atoms with Gasteiger partial charge in [-0.2, -0.15) is 12.7 Å². The molecule has 10 heteroatoms. The second kappa shape index (κ2) is 14.1. The average molecular weight is 644 g/mol. The Hall–Kier alpha value is -3.21. The lowest BCUT2D eigenvalue weighted by Gasteiger charge is -2.35. The van der Waals surface area contributed by atoms with Gasteiger partial charge in [0.1, 0.15) is 12.6 Å². The molecule has 0 aliphatic carbocycles. The smallest absolute Gasteiger partial charge is 0.304 e. The number of nitrogens with zero attached hydrogens (tertiary/aromatic N) is 3. The van der Waals surface area contributed by atoms with Gasteiger partial charge in [-0.3, -0.25) is 9.59 Å². The third kappa shape index (κ3) is 8.64. The third-order valence-electron chi connectivity index (χ3n) is 6.60. The van der Waals surface area contributed by atoms with Crippen LogP contribution in [-0.2, 0) is 32.8 Å². The van der Waals surface area contributed by atoms with Crippen LogP contribution >= 0.6 is 15.9 Å². The number of hydrogen-bond donors (Lipinski definition) is 1. The molecule has 2 amide bonds. The Bertz CT molecular complexity index is 1460. The largest absolute Gasteiger partial charge is 0.352 e. The Morgan fingerprint density at radius 1 is 0.902 bits per heavy atom. The molecule has 0 aliphatic heterocycles. The zero-order valence-electron chi connectivity index (χ0n) is 24.5. The molecule has 220 valence electrons. The summed E-state index contributed by atoms with van der Waals surface area (Å²) in [4.78, 5) is 29.5. The van der Waals surface area contributed by atoms with E-state index in [0.717, 1.165) is 29.8 Å². The summed E-state index contributed by atoms with van der Waals surface area (Å²) in [5.74, 6) is -0.794. The molecule has 0 heterocycles. The molecule has 3 aromatic rings. The minimum Gasteiger partial charge on any atom is -0.352 e. The highest BCUT2D eigenvalue weighted by Crippen LogP contribution is 2.26. The standard InChI is InChI=1S/C31H39BrN4O4S/c1-22(2)33-31(38)29(19-25-11-8-7-9-12-25)35(20-26-13-10-14-27(32)18-26)30(37)21-36(41(39,40)34(5)6)28-17-23(3)15-16-24(28)4/h7-18,22,29H,19-21H2,1-6H3,(H,33,38)/t29-/m1/s1. The molecular weight excluding hydrogens is 604 g/mol. The fourth-order valence-electron chi connectivity index (χ4n) is 4.46. The molecule has 1 N–H and O–H groups in total. The van der Waals surface area contributed by atoms with E-state index in [2.05, 4.69) is 21.2 Å². The minimum atomic E-state index is -4.05. The fraction of sp³-hybridized carbons (Fsp3) is 0.355. The molecule has 0 bridgehead atoms. The molecule has 0 aliphatic rings. The van der Waals surface area contributed by atoms with Crippen LogP contribution in [0.5, 0.6) is 0 Å². The molecule has 0 aromatic heterocycles. The van der Waals surface area contributed by atoms with Crippen molar-refractivity contribution >= 4 is 43.6 Å². The summed E-state index contributed by atoms with van der Waals surface area (Å²) >= 11 is 3.49. The Morgan fingerprint density at radius 3 is 2.17 bits per heavy atom. The van der Waals surface area contributed by atoms with Crippen LogP contribution in [0.1, 0.15) is 36.1 Å². The fourth-order valence-corrected chi connectivity index (χ4v) is 6.02. The van der Waals surface area contributed by atoms with E-state index in [9.17, 15) is 18.0 Å². The van der Waals surface area contributed by atoms with Crippen LogP contribution in [0.25, 0.3) is 0 Å². The van der Waals surface area contributed by atoms with E-state index < -0.39 is 28.7 Å². The maximum atomic E-state index is 14.3. The normalized spacial score (nSPS) is 12.3. The molecule has 3 aromatic carbocycles. The van der Waals surface area contributed by atoms with Gasteiger partial charge in [0.2, 0.25) is 11.8 Å². The van der Waals surface area contributed by atoms with Gasteiger partial charge in [-0.15, -0.1) is 0 Å². The summed E-state index contributed by atoms with van der Waals surface area (Å²) < 4.78 is 30.2. The van der Waals surface area contributed by atoms with Crippen molar-refractivity contribution < 1.29 is 18.0 Å². The van der Waals surface area contributed by atoms with E-state index in [1.54, 1.807) is 6.07 Å². The van der Waals surface area contributed by atoms with Crippen LogP contribution < -0.4 is 9.62 Å². The van der Waals surface area contributed by atoms with Crippen molar-refractivity contribution in [2.24, 2.45) is 0 Å². The van der Waals surface area contributed by atoms with Gasteiger partial charge in [0, 0.05) is 37.6 Å². The van der Waals surface area contributed by atoms with Crippen molar-refractivity contribution in [3.63, 3.8) is 0 Å². The number of rotatable bonds is 12. The SMILES string of the molecule is Cc1ccc(C)c(N(CC(=O)N(Cc2cccc(Br)c2)[C@H](Cc2ccccc2)C(=O)NC(C)C)S(=O)(=O)N(C)C)c1. The summed E-state index contributed by atoms with van der Waals surface area (Å²) in [5, 5.41) is 2.96. The minimum absolute atomic E-state index is 0.115. The summed E-state index contributed by atoms with van der Waals surface area (Å²) in [6, 6.07) is 21.5. The Kier molecular flexibility index (Phi) is 11.1.